The van der Waals surface area contributed by atoms with Gasteiger partial charge < -0.3 is 14.9 Å². The van der Waals surface area contributed by atoms with Crippen LogP contribution < -0.4 is 4.90 Å². The van der Waals surface area contributed by atoms with Crippen LogP contribution in [0.15, 0.2) is 10.5 Å². The van der Waals surface area contributed by atoms with E-state index in [9.17, 15) is 9.90 Å². The third kappa shape index (κ3) is 3.03. The Hall–Kier alpha value is -0.940. The lowest BCUT2D eigenvalue weighted by atomic mass is 9.77. The minimum atomic E-state index is -0.841. The summed E-state index contributed by atoms with van der Waals surface area (Å²) in [7, 11) is 0. The highest BCUT2D eigenvalue weighted by atomic mass is 79.9. The Bertz CT molecular complexity index is 714. The summed E-state index contributed by atoms with van der Waals surface area (Å²) in [4.78, 5) is 15.7. The van der Waals surface area contributed by atoms with Crippen LogP contribution >= 0.6 is 27.5 Å². The molecule has 2 atom stereocenters. The third-order valence-corrected chi connectivity index (χ3v) is 6.42. The van der Waals surface area contributed by atoms with Gasteiger partial charge in [-0.25, -0.2) is 4.79 Å². The second-order valence-electron chi connectivity index (χ2n) is 8.48. The van der Waals surface area contributed by atoms with E-state index in [0.717, 1.165) is 15.2 Å². The summed E-state index contributed by atoms with van der Waals surface area (Å²) < 4.78 is 0.992. The maximum absolute atomic E-state index is 11.7. The predicted molar refractivity (Wildman–Crippen MR) is 106 cm³/mol. The van der Waals surface area contributed by atoms with Crippen molar-refractivity contribution in [3.8, 4) is 0 Å². The molecule has 2 aliphatic rings. The maximum atomic E-state index is 11.7. The van der Waals surface area contributed by atoms with E-state index in [2.05, 4.69) is 55.4 Å². The normalized spacial score (nSPS) is 23.0. The highest BCUT2D eigenvalue weighted by molar-refractivity contribution is 9.10. The van der Waals surface area contributed by atoms with Crippen molar-refractivity contribution >= 4 is 39.3 Å². The molecule has 1 N–H and O–H groups in total. The van der Waals surface area contributed by atoms with E-state index in [4.69, 9.17) is 11.6 Å². The molecule has 0 aromatic heterocycles. The quantitative estimate of drug-likeness (QED) is 0.653. The molecule has 0 saturated heterocycles. The Balaban J connectivity index is 2.27. The van der Waals surface area contributed by atoms with E-state index in [1.165, 1.54) is 11.1 Å². The van der Waals surface area contributed by atoms with Gasteiger partial charge in [0.1, 0.15) is 0 Å². The predicted octanol–water partition coefficient (Wildman–Crippen LogP) is 5.37. The molecule has 0 saturated carbocycles. The first-order chi connectivity index (χ1) is 11.5. The minimum absolute atomic E-state index is 0.00442. The number of benzene rings is 1. The molecule has 1 amide bonds. The van der Waals surface area contributed by atoms with Crippen LogP contribution in [-0.4, -0.2) is 41.3 Å². The first-order valence-corrected chi connectivity index (χ1v) is 9.98. The SMILES string of the molecule is CC(C)N1c2c(Cl)cc(Br)c3c2[C@H](CN(C(=O)O)CC3)C1C(C)(C)C. The molecule has 1 unspecified atom stereocenters. The molecule has 3 rings (SSSR count). The van der Waals surface area contributed by atoms with E-state index in [-0.39, 0.29) is 23.4 Å². The van der Waals surface area contributed by atoms with E-state index in [0.29, 0.717) is 19.5 Å². The number of nitrogens with zero attached hydrogens (tertiary/aromatic N) is 2. The van der Waals surface area contributed by atoms with Gasteiger partial charge in [-0.15, -0.1) is 0 Å². The smallest absolute Gasteiger partial charge is 0.407 e. The van der Waals surface area contributed by atoms with Gasteiger partial charge in [-0.3, -0.25) is 0 Å². The van der Waals surface area contributed by atoms with E-state index < -0.39 is 6.09 Å². The number of rotatable bonds is 1. The molecule has 0 fully saturated rings. The fourth-order valence-corrected chi connectivity index (χ4v) is 5.70. The number of halogens is 2. The van der Waals surface area contributed by atoms with Crippen LogP contribution in [0.25, 0.3) is 0 Å². The molecule has 1 aromatic rings. The Morgan fingerprint density at radius 2 is 2.04 bits per heavy atom. The highest BCUT2D eigenvalue weighted by Crippen LogP contribution is 2.54. The summed E-state index contributed by atoms with van der Waals surface area (Å²) in [5.74, 6) is 0.126. The third-order valence-electron chi connectivity index (χ3n) is 5.42. The van der Waals surface area contributed by atoms with Gasteiger partial charge in [-0.2, -0.15) is 0 Å². The molecule has 2 aliphatic heterocycles. The van der Waals surface area contributed by atoms with Crippen LogP contribution in [0, 0.1) is 5.41 Å². The van der Waals surface area contributed by atoms with Crippen LogP contribution in [-0.2, 0) is 6.42 Å². The van der Waals surface area contributed by atoms with Crippen molar-refractivity contribution < 1.29 is 9.90 Å². The van der Waals surface area contributed by atoms with Crippen LogP contribution in [0.3, 0.4) is 0 Å². The number of amides is 1. The number of carboxylic acid groups (broad SMARTS) is 1. The van der Waals surface area contributed by atoms with Crippen LogP contribution in [0.2, 0.25) is 5.02 Å². The lowest BCUT2D eigenvalue weighted by Gasteiger charge is -2.43. The summed E-state index contributed by atoms with van der Waals surface area (Å²) in [6.07, 6.45) is -0.127. The van der Waals surface area contributed by atoms with Crippen LogP contribution in [0.5, 0.6) is 0 Å². The average molecular weight is 430 g/mol. The van der Waals surface area contributed by atoms with Crippen LogP contribution in [0.1, 0.15) is 51.7 Å². The Morgan fingerprint density at radius 3 is 2.56 bits per heavy atom. The standard InChI is InChI=1S/C19H26BrClN2O2/c1-10(2)23-16-14(21)8-13(20)11-6-7-22(18(24)25)9-12(15(11)16)17(23)19(3,4)5/h8,10,12,17H,6-7,9H2,1-5H3,(H,24,25)/t12-,17?/m0/s1. The molecular formula is C19H26BrClN2O2. The Kier molecular flexibility index (Phi) is 4.78. The summed E-state index contributed by atoms with van der Waals surface area (Å²) >= 11 is 10.4. The average Bonchev–Trinajstić information content (AvgIpc) is 2.69. The molecular weight excluding hydrogens is 404 g/mol. The van der Waals surface area contributed by atoms with E-state index in [1.54, 1.807) is 4.90 Å². The van der Waals surface area contributed by atoms with Gasteiger partial charge in [0.25, 0.3) is 0 Å². The highest BCUT2D eigenvalue weighted by Gasteiger charge is 2.49. The zero-order chi connectivity index (χ0) is 18.7. The Morgan fingerprint density at radius 1 is 1.40 bits per heavy atom. The maximum Gasteiger partial charge on any atom is 0.407 e. The molecule has 0 aliphatic carbocycles. The molecule has 0 bridgehead atoms. The monoisotopic (exact) mass is 428 g/mol. The fraction of sp³-hybridized carbons (Fsp3) is 0.632. The van der Waals surface area contributed by atoms with Crippen LogP contribution in [0.4, 0.5) is 10.5 Å². The molecule has 0 spiro atoms. The largest absolute Gasteiger partial charge is 0.465 e. The van der Waals surface area contributed by atoms with Crippen molar-refractivity contribution in [2.45, 2.75) is 59.0 Å². The van der Waals surface area contributed by atoms with Gasteiger partial charge in [0.05, 0.1) is 10.7 Å². The topological polar surface area (TPSA) is 43.8 Å². The molecule has 1 aromatic carbocycles. The molecule has 4 nitrogen and oxygen atoms in total. The van der Waals surface area contributed by atoms with Crippen molar-refractivity contribution in [2.75, 3.05) is 18.0 Å². The summed E-state index contributed by atoms with van der Waals surface area (Å²) in [5.41, 5.74) is 3.56. The molecule has 25 heavy (non-hydrogen) atoms. The summed E-state index contributed by atoms with van der Waals surface area (Å²) in [6.45, 7) is 12.1. The molecule has 0 radical (unpaired) electrons. The zero-order valence-electron chi connectivity index (χ0n) is 15.4. The first kappa shape index (κ1) is 18.8. The Labute approximate surface area is 163 Å². The second kappa shape index (κ2) is 6.34. The van der Waals surface area contributed by atoms with E-state index >= 15 is 0 Å². The van der Waals surface area contributed by atoms with Crippen molar-refractivity contribution in [1.29, 1.82) is 0 Å². The molecule has 138 valence electrons. The lowest BCUT2D eigenvalue weighted by molar-refractivity contribution is 0.137. The minimum Gasteiger partial charge on any atom is -0.465 e. The molecule has 6 heteroatoms. The van der Waals surface area contributed by atoms with Gasteiger partial charge in [-0.1, -0.05) is 48.3 Å². The van der Waals surface area contributed by atoms with Gasteiger partial charge in [0.15, 0.2) is 0 Å². The summed E-state index contributed by atoms with van der Waals surface area (Å²) in [5, 5.41) is 10.4. The number of hydrogen-bond acceptors (Lipinski definition) is 2. The molecule has 2 heterocycles. The number of anilines is 1. The van der Waals surface area contributed by atoms with Crippen molar-refractivity contribution in [3.05, 3.63) is 26.7 Å². The van der Waals surface area contributed by atoms with Crippen molar-refractivity contribution in [1.82, 2.24) is 4.90 Å². The van der Waals surface area contributed by atoms with Gasteiger partial charge in [0, 0.05) is 35.6 Å². The fourth-order valence-electron chi connectivity index (χ4n) is 4.61. The summed E-state index contributed by atoms with van der Waals surface area (Å²) in [6, 6.07) is 2.47. The van der Waals surface area contributed by atoms with Gasteiger partial charge >= 0.3 is 6.09 Å². The zero-order valence-corrected chi connectivity index (χ0v) is 17.8. The van der Waals surface area contributed by atoms with Gasteiger partial charge in [-0.05, 0) is 42.9 Å². The van der Waals surface area contributed by atoms with E-state index in [1.807, 2.05) is 6.07 Å². The lowest BCUT2D eigenvalue weighted by Crippen LogP contribution is -2.49. The van der Waals surface area contributed by atoms with Gasteiger partial charge in [0.2, 0.25) is 0 Å². The first-order valence-electron chi connectivity index (χ1n) is 8.81. The number of hydrogen-bond donors (Lipinski definition) is 1. The van der Waals surface area contributed by atoms with Crippen molar-refractivity contribution in [2.24, 2.45) is 5.41 Å². The van der Waals surface area contributed by atoms with Crippen molar-refractivity contribution in [3.63, 3.8) is 0 Å². The number of carbonyl (C=O) groups is 1. The second-order valence-corrected chi connectivity index (χ2v) is 9.74.